The smallest absolute Gasteiger partial charge is 0.257 e. The van der Waals surface area contributed by atoms with Gasteiger partial charge in [0.2, 0.25) is 5.91 Å². The number of rotatable bonds is 5. The maximum atomic E-state index is 13.3. The van der Waals surface area contributed by atoms with Gasteiger partial charge in [0.15, 0.2) is 0 Å². The number of primary amides is 1. The van der Waals surface area contributed by atoms with Crippen molar-refractivity contribution in [1.29, 1.82) is 0 Å². The Morgan fingerprint density at radius 1 is 1.10 bits per heavy atom. The molecular formula is C24H27ClN4O2. The summed E-state index contributed by atoms with van der Waals surface area (Å²) >= 11 is 6.41. The third-order valence-electron chi connectivity index (χ3n) is 6.16. The van der Waals surface area contributed by atoms with Crippen LogP contribution in [-0.4, -0.2) is 47.1 Å². The summed E-state index contributed by atoms with van der Waals surface area (Å²) in [5.41, 5.74) is 9.33. The van der Waals surface area contributed by atoms with E-state index in [-0.39, 0.29) is 30.3 Å². The van der Waals surface area contributed by atoms with E-state index in [2.05, 4.69) is 29.2 Å². The first-order valence-corrected chi connectivity index (χ1v) is 11.0. The lowest BCUT2D eigenvalue weighted by Gasteiger charge is -2.31. The largest absolute Gasteiger partial charge is 0.369 e. The van der Waals surface area contributed by atoms with Crippen LogP contribution in [0.5, 0.6) is 0 Å². The lowest BCUT2D eigenvalue weighted by molar-refractivity contribution is -0.134. The molecule has 6 nitrogen and oxygen atoms in total. The van der Waals surface area contributed by atoms with Crippen molar-refractivity contribution in [2.75, 3.05) is 19.6 Å². The van der Waals surface area contributed by atoms with Crippen LogP contribution in [0.1, 0.15) is 42.0 Å². The summed E-state index contributed by atoms with van der Waals surface area (Å²) in [5, 5.41) is 6.97. The number of amides is 2. The van der Waals surface area contributed by atoms with Gasteiger partial charge < -0.3 is 5.73 Å². The summed E-state index contributed by atoms with van der Waals surface area (Å²) in [5.74, 6) is -0.396. The van der Waals surface area contributed by atoms with Gasteiger partial charge in [-0.2, -0.15) is 5.10 Å². The normalized spacial score (nSPS) is 20.0. The van der Waals surface area contributed by atoms with Crippen molar-refractivity contribution in [3.63, 3.8) is 0 Å². The molecule has 2 N–H and O–H groups in total. The van der Waals surface area contributed by atoms with E-state index >= 15 is 0 Å². The van der Waals surface area contributed by atoms with Gasteiger partial charge in [-0.1, -0.05) is 59.6 Å². The first kappa shape index (κ1) is 21.5. The fourth-order valence-electron chi connectivity index (χ4n) is 4.29. The van der Waals surface area contributed by atoms with Crippen LogP contribution in [0.25, 0.3) is 0 Å². The molecule has 0 radical (unpaired) electrons. The number of hydrazone groups is 1. The molecule has 2 aromatic rings. The number of nitrogens with two attached hydrogens (primary N) is 1. The van der Waals surface area contributed by atoms with Crippen LogP contribution in [0.4, 0.5) is 0 Å². The molecule has 2 amide bonds. The highest BCUT2D eigenvalue weighted by Gasteiger charge is 2.35. The standard InChI is InChI=1S/C24H27ClN4O2/c1-16-6-8-17(9-7-16)22-14-21(19-4-2-3-5-20(19)25)27-29(22)23(30)15-28-12-10-18(11-13-28)24(26)31/h2-9,18,22H,10-15H2,1H3,(H2,26,31)/t22-/m1/s1. The number of hydrogen-bond donors (Lipinski definition) is 1. The maximum Gasteiger partial charge on any atom is 0.257 e. The van der Waals surface area contributed by atoms with Crippen LogP contribution >= 0.6 is 11.6 Å². The number of hydrogen-bond acceptors (Lipinski definition) is 4. The second-order valence-electron chi connectivity index (χ2n) is 8.35. The quantitative estimate of drug-likeness (QED) is 0.775. The molecule has 0 unspecified atom stereocenters. The third-order valence-corrected chi connectivity index (χ3v) is 6.49. The van der Waals surface area contributed by atoms with Crippen LogP contribution in [0.3, 0.4) is 0 Å². The average molecular weight is 439 g/mol. The zero-order chi connectivity index (χ0) is 22.0. The molecule has 2 heterocycles. The number of aryl methyl sites for hydroxylation is 1. The highest BCUT2D eigenvalue weighted by Crippen LogP contribution is 2.34. The Morgan fingerprint density at radius 2 is 1.77 bits per heavy atom. The fraction of sp³-hybridized carbons (Fsp3) is 0.375. The van der Waals surface area contributed by atoms with Crippen molar-refractivity contribution in [3.8, 4) is 0 Å². The number of carbonyl (C=O) groups excluding carboxylic acids is 2. The first-order valence-electron chi connectivity index (χ1n) is 10.6. The first-order chi connectivity index (χ1) is 14.9. The van der Waals surface area contributed by atoms with E-state index in [1.165, 1.54) is 5.56 Å². The number of benzene rings is 2. The van der Waals surface area contributed by atoms with Gasteiger partial charge in [0.1, 0.15) is 0 Å². The molecule has 0 bridgehead atoms. The number of likely N-dealkylation sites (tertiary alicyclic amines) is 1. The lowest BCUT2D eigenvalue weighted by Crippen LogP contribution is -2.44. The summed E-state index contributed by atoms with van der Waals surface area (Å²) < 4.78 is 0. The van der Waals surface area contributed by atoms with Gasteiger partial charge in [0.05, 0.1) is 18.3 Å². The van der Waals surface area contributed by atoms with E-state index < -0.39 is 0 Å². The Morgan fingerprint density at radius 3 is 2.42 bits per heavy atom. The third kappa shape index (κ3) is 4.81. The Balaban J connectivity index is 1.55. The lowest BCUT2D eigenvalue weighted by atomic mass is 9.96. The number of nitrogens with zero attached hydrogens (tertiary/aromatic N) is 3. The van der Waals surface area contributed by atoms with Crippen LogP contribution in [0, 0.1) is 12.8 Å². The predicted octanol–water partition coefficient (Wildman–Crippen LogP) is 3.52. The van der Waals surface area contributed by atoms with Crippen LogP contribution < -0.4 is 5.73 Å². The van der Waals surface area contributed by atoms with E-state index in [1.54, 1.807) is 5.01 Å². The second-order valence-corrected chi connectivity index (χ2v) is 8.76. The highest BCUT2D eigenvalue weighted by molar-refractivity contribution is 6.34. The molecule has 7 heteroatoms. The van der Waals surface area contributed by atoms with Gasteiger partial charge in [0, 0.05) is 22.9 Å². The molecule has 1 atom stereocenters. The Bertz CT molecular complexity index is 997. The summed E-state index contributed by atoms with van der Waals surface area (Å²) in [7, 11) is 0. The maximum absolute atomic E-state index is 13.3. The van der Waals surface area contributed by atoms with Crippen molar-refractivity contribution < 1.29 is 9.59 Å². The number of piperidine rings is 1. The molecule has 0 aromatic heterocycles. The molecule has 0 saturated carbocycles. The molecule has 4 rings (SSSR count). The van der Waals surface area contributed by atoms with Crippen molar-refractivity contribution in [3.05, 3.63) is 70.2 Å². The van der Waals surface area contributed by atoms with E-state index in [0.717, 1.165) is 16.8 Å². The SMILES string of the molecule is Cc1ccc([C@H]2CC(c3ccccc3Cl)=NN2C(=O)CN2CCC(C(N)=O)CC2)cc1. The molecule has 0 aliphatic carbocycles. The zero-order valence-corrected chi connectivity index (χ0v) is 18.4. The van der Waals surface area contributed by atoms with Crippen molar-refractivity contribution >= 4 is 29.1 Å². The van der Waals surface area contributed by atoms with Gasteiger partial charge in [-0.3, -0.25) is 14.5 Å². The van der Waals surface area contributed by atoms with Crippen molar-refractivity contribution in [2.45, 2.75) is 32.2 Å². The van der Waals surface area contributed by atoms with Crippen molar-refractivity contribution in [1.82, 2.24) is 9.91 Å². The molecule has 31 heavy (non-hydrogen) atoms. The molecule has 1 fully saturated rings. The fourth-order valence-corrected chi connectivity index (χ4v) is 4.53. The van der Waals surface area contributed by atoms with Gasteiger partial charge >= 0.3 is 0 Å². The molecule has 0 spiro atoms. The number of carbonyl (C=O) groups is 2. The van der Waals surface area contributed by atoms with Crippen LogP contribution in [-0.2, 0) is 9.59 Å². The Hall–Kier alpha value is -2.70. The van der Waals surface area contributed by atoms with E-state index in [9.17, 15) is 9.59 Å². The van der Waals surface area contributed by atoms with E-state index in [1.807, 2.05) is 31.2 Å². The van der Waals surface area contributed by atoms with Gasteiger partial charge in [-0.25, -0.2) is 5.01 Å². The van der Waals surface area contributed by atoms with Gasteiger partial charge in [-0.15, -0.1) is 0 Å². The second kappa shape index (κ2) is 9.20. The van der Waals surface area contributed by atoms with Crippen molar-refractivity contribution in [2.24, 2.45) is 16.8 Å². The predicted molar refractivity (Wildman–Crippen MR) is 122 cm³/mol. The summed E-state index contributed by atoms with van der Waals surface area (Å²) in [6.45, 7) is 3.68. The minimum atomic E-state index is -0.251. The van der Waals surface area contributed by atoms with Crippen LogP contribution in [0.15, 0.2) is 53.6 Å². The summed E-state index contributed by atoms with van der Waals surface area (Å²) in [4.78, 5) is 26.8. The molecule has 2 aromatic carbocycles. The zero-order valence-electron chi connectivity index (χ0n) is 17.6. The molecule has 2 aliphatic rings. The minimum Gasteiger partial charge on any atom is -0.369 e. The minimum absolute atomic E-state index is 0.0508. The molecule has 2 aliphatic heterocycles. The Kier molecular flexibility index (Phi) is 6.39. The monoisotopic (exact) mass is 438 g/mol. The molecular weight excluding hydrogens is 412 g/mol. The summed E-state index contributed by atoms with van der Waals surface area (Å²) in [6, 6.07) is 15.7. The van der Waals surface area contributed by atoms with Gasteiger partial charge in [0.25, 0.3) is 5.91 Å². The van der Waals surface area contributed by atoms with Gasteiger partial charge in [-0.05, 0) is 44.5 Å². The Labute approximate surface area is 187 Å². The van der Waals surface area contributed by atoms with Crippen LogP contribution in [0.2, 0.25) is 5.02 Å². The van der Waals surface area contributed by atoms with E-state index in [0.29, 0.717) is 37.4 Å². The average Bonchev–Trinajstić information content (AvgIpc) is 3.20. The molecule has 1 saturated heterocycles. The topological polar surface area (TPSA) is 79.0 Å². The van der Waals surface area contributed by atoms with E-state index in [4.69, 9.17) is 22.4 Å². The molecule has 162 valence electrons. The highest BCUT2D eigenvalue weighted by atomic mass is 35.5. The number of halogens is 1. The summed E-state index contributed by atoms with van der Waals surface area (Å²) in [6.07, 6.45) is 2.00.